The van der Waals surface area contributed by atoms with Crippen molar-refractivity contribution >= 4 is 34.9 Å². The Hall–Kier alpha value is -1.93. The third kappa shape index (κ3) is 4.54. The minimum Gasteiger partial charge on any atom is -0.272 e. The molecule has 0 bridgehead atoms. The summed E-state index contributed by atoms with van der Waals surface area (Å²) < 4.78 is 14.1. The molecule has 0 fully saturated rings. The standard InChI is InChI=1S/C13H12FN3O2S2/c1-8-6-20-13(15-8)21-7-11(18)16-17-12(19)9-4-2-3-5-10(9)14/h2-6H,7H2,1H3,(H,16,18)(H,17,19). The Balaban J connectivity index is 1.79. The molecule has 0 unspecified atom stereocenters. The molecule has 2 rings (SSSR count). The summed E-state index contributed by atoms with van der Waals surface area (Å²) in [6.07, 6.45) is 0. The number of hydrazine groups is 1. The molecule has 1 aromatic carbocycles. The molecule has 0 radical (unpaired) electrons. The van der Waals surface area contributed by atoms with Crippen LogP contribution in [-0.2, 0) is 4.79 Å². The zero-order valence-electron chi connectivity index (χ0n) is 11.1. The first kappa shape index (κ1) is 15.5. The number of halogens is 1. The van der Waals surface area contributed by atoms with Crippen molar-refractivity contribution in [2.24, 2.45) is 0 Å². The molecule has 1 heterocycles. The van der Waals surface area contributed by atoms with Gasteiger partial charge in [0.15, 0.2) is 4.34 Å². The largest absolute Gasteiger partial charge is 0.272 e. The van der Waals surface area contributed by atoms with Crippen molar-refractivity contribution < 1.29 is 14.0 Å². The zero-order chi connectivity index (χ0) is 15.2. The molecule has 8 heteroatoms. The smallest absolute Gasteiger partial charge is 0.272 e. The van der Waals surface area contributed by atoms with E-state index in [0.29, 0.717) is 0 Å². The van der Waals surface area contributed by atoms with Gasteiger partial charge in [0.25, 0.3) is 5.91 Å². The lowest BCUT2D eigenvalue weighted by Crippen LogP contribution is -2.42. The highest BCUT2D eigenvalue weighted by atomic mass is 32.2. The van der Waals surface area contributed by atoms with E-state index < -0.39 is 17.6 Å². The number of amides is 2. The van der Waals surface area contributed by atoms with Gasteiger partial charge in [0.05, 0.1) is 11.3 Å². The van der Waals surface area contributed by atoms with E-state index in [1.165, 1.54) is 41.3 Å². The maximum atomic E-state index is 13.4. The first-order valence-electron chi connectivity index (χ1n) is 5.95. The summed E-state index contributed by atoms with van der Waals surface area (Å²) in [4.78, 5) is 27.4. The quantitative estimate of drug-likeness (QED) is 0.667. The van der Waals surface area contributed by atoms with Crippen LogP contribution in [0.25, 0.3) is 0 Å². The number of carbonyl (C=O) groups excluding carboxylic acids is 2. The molecule has 0 aliphatic rings. The van der Waals surface area contributed by atoms with Crippen molar-refractivity contribution in [2.75, 3.05) is 5.75 Å². The van der Waals surface area contributed by atoms with Crippen molar-refractivity contribution in [1.29, 1.82) is 0 Å². The summed E-state index contributed by atoms with van der Waals surface area (Å²) in [7, 11) is 0. The Labute approximate surface area is 128 Å². The molecule has 21 heavy (non-hydrogen) atoms. The van der Waals surface area contributed by atoms with Crippen LogP contribution in [0.3, 0.4) is 0 Å². The molecule has 0 spiro atoms. The Kier molecular flexibility index (Phi) is 5.29. The highest BCUT2D eigenvalue weighted by molar-refractivity contribution is 8.01. The maximum Gasteiger partial charge on any atom is 0.272 e. The van der Waals surface area contributed by atoms with Crippen molar-refractivity contribution in [3.8, 4) is 0 Å². The summed E-state index contributed by atoms with van der Waals surface area (Å²) in [6, 6.07) is 5.54. The molecule has 2 amide bonds. The summed E-state index contributed by atoms with van der Waals surface area (Å²) in [5.41, 5.74) is 5.18. The first-order valence-corrected chi connectivity index (χ1v) is 7.81. The van der Waals surface area contributed by atoms with Crippen LogP contribution in [0.4, 0.5) is 4.39 Å². The molecule has 2 N–H and O–H groups in total. The van der Waals surface area contributed by atoms with Crippen LogP contribution in [0.5, 0.6) is 0 Å². The summed E-state index contributed by atoms with van der Waals surface area (Å²) in [5.74, 6) is -1.62. The second kappa shape index (κ2) is 7.19. The van der Waals surface area contributed by atoms with E-state index in [9.17, 15) is 14.0 Å². The van der Waals surface area contributed by atoms with Gasteiger partial charge in [-0.1, -0.05) is 23.9 Å². The van der Waals surface area contributed by atoms with E-state index in [-0.39, 0.29) is 11.3 Å². The Morgan fingerprint density at radius 1 is 1.33 bits per heavy atom. The topological polar surface area (TPSA) is 71.1 Å². The van der Waals surface area contributed by atoms with E-state index >= 15 is 0 Å². The predicted octanol–water partition coefficient (Wildman–Crippen LogP) is 2.14. The summed E-state index contributed by atoms with van der Waals surface area (Å²) in [5, 5.41) is 1.89. The minimum absolute atomic E-state index is 0.116. The number of aromatic nitrogens is 1. The normalized spacial score (nSPS) is 10.2. The average Bonchev–Trinajstić information content (AvgIpc) is 2.89. The van der Waals surface area contributed by atoms with Crippen LogP contribution in [0.1, 0.15) is 16.1 Å². The van der Waals surface area contributed by atoms with Crippen LogP contribution in [0, 0.1) is 12.7 Å². The molecule has 0 atom stereocenters. The lowest BCUT2D eigenvalue weighted by atomic mass is 10.2. The number of thioether (sulfide) groups is 1. The SMILES string of the molecule is Cc1csc(SCC(=O)NNC(=O)c2ccccc2F)n1. The number of hydrogen-bond acceptors (Lipinski definition) is 5. The molecule has 1 aromatic heterocycles. The van der Waals surface area contributed by atoms with E-state index in [4.69, 9.17) is 0 Å². The van der Waals surface area contributed by atoms with Crippen molar-refractivity contribution in [3.63, 3.8) is 0 Å². The van der Waals surface area contributed by atoms with Gasteiger partial charge in [-0.3, -0.25) is 20.4 Å². The molecule has 0 saturated heterocycles. The molecule has 5 nitrogen and oxygen atoms in total. The van der Waals surface area contributed by atoms with Gasteiger partial charge in [0.1, 0.15) is 5.82 Å². The summed E-state index contributed by atoms with van der Waals surface area (Å²) >= 11 is 2.72. The highest BCUT2D eigenvalue weighted by Gasteiger charge is 2.12. The van der Waals surface area contributed by atoms with Gasteiger partial charge in [-0.05, 0) is 19.1 Å². The molecule has 0 saturated carbocycles. The minimum atomic E-state index is -0.698. The van der Waals surface area contributed by atoms with E-state index in [0.717, 1.165) is 10.0 Å². The van der Waals surface area contributed by atoms with Gasteiger partial charge >= 0.3 is 0 Å². The van der Waals surface area contributed by atoms with Crippen LogP contribution in [0.2, 0.25) is 0 Å². The number of carbonyl (C=O) groups is 2. The second-order valence-electron chi connectivity index (χ2n) is 4.03. The molecular weight excluding hydrogens is 313 g/mol. The number of nitrogens with one attached hydrogen (secondary N) is 2. The molecule has 0 aliphatic heterocycles. The lowest BCUT2D eigenvalue weighted by Gasteiger charge is -2.07. The third-order valence-electron chi connectivity index (χ3n) is 2.36. The lowest BCUT2D eigenvalue weighted by molar-refractivity contribution is -0.119. The highest BCUT2D eigenvalue weighted by Crippen LogP contribution is 2.21. The fourth-order valence-electron chi connectivity index (χ4n) is 1.40. The van der Waals surface area contributed by atoms with Crippen LogP contribution in [0.15, 0.2) is 34.0 Å². The van der Waals surface area contributed by atoms with E-state index in [1.54, 1.807) is 6.07 Å². The molecular formula is C13H12FN3O2S2. The second-order valence-corrected chi connectivity index (χ2v) is 6.11. The Morgan fingerprint density at radius 2 is 2.10 bits per heavy atom. The van der Waals surface area contributed by atoms with Gasteiger partial charge in [-0.2, -0.15) is 0 Å². The average molecular weight is 325 g/mol. The van der Waals surface area contributed by atoms with Gasteiger partial charge in [0.2, 0.25) is 5.91 Å². The zero-order valence-corrected chi connectivity index (χ0v) is 12.7. The van der Waals surface area contributed by atoms with Crippen molar-refractivity contribution in [1.82, 2.24) is 15.8 Å². The third-order valence-corrected chi connectivity index (χ3v) is 4.50. The fraction of sp³-hybridized carbons (Fsp3) is 0.154. The number of aryl methyl sites for hydroxylation is 1. The van der Waals surface area contributed by atoms with Crippen LogP contribution in [-0.4, -0.2) is 22.6 Å². The van der Waals surface area contributed by atoms with Crippen molar-refractivity contribution in [2.45, 2.75) is 11.3 Å². The maximum absolute atomic E-state index is 13.4. The Bertz CT molecular complexity index is 660. The van der Waals surface area contributed by atoms with Crippen LogP contribution < -0.4 is 10.9 Å². The van der Waals surface area contributed by atoms with Gasteiger partial charge in [-0.25, -0.2) is 9.37 Å². The first-order chi connectivity index (χ1) is 10.1. The number of rotatable bonds is 4. The van der Waals surface area contributed by atoms with Crippen LogP contribution >= 0.6 is 23.1 Å². The van der Waals surface area contributed by atoms with Crippen molar-refractivity contribution in [3.05, 3.63) is 46.7 Å². The number of hydrogen-bond donors (Lipinski definition) is 2. The molecule has 110 valence electrons. The van der Waals surface area contributed by atoms with Gasteiger partial charge in [-0.15, -0.1) is 11.3 Å². The summed E-state index contributed by atoms with van der Waals surface area (Å²) in [6.45, 7) is 1.87. The van der Waals surface area contributed by atoms with Gasteiger partial charge < -0.3 is 0 Å². The Morgan fingerprint density at radius 3 is 2.76 bits per heavy atom. The predicted molar refractivity (Wildman–Crippen MR) is 79.6 cm³/mol. The molecule has 2 aromatic rings. The number of thiazole rings is 1. The monoisotopic (exact) mass is 325 g/mol. The number of nitrogens with zero attached hydrogens (tertiary/aromatic N) is 1. The fourth-order valence-corrected chi connectivity index (χ4v) is 3.05. The van der Waals surface area contributed by atoms with E-state index in [1.807, 2.05) is 12.3 Å². The molecule has 0 aliphatic carbocycles. The number of benzene rings is 1. The van der Waals surface area contributed by atoms with E-state index in [2.05, 4.69) is 15.8 Å². The van der Waals surface area contributed by atoms with Gasteiger partial charge in [0, 0.05) is 11.1 Å².